The lowest BCUT2D eigenvalue weighted by Crippen LogP contribution is -2.56. The quantitative estimate of drug-likeness (QED) is 0.530. The highest BCUT2D eigenvalue weighted by molar-refractivity contribution is 7.09. The van der Waals surface area contributed by atoms with Crippen LogP contribution in [0.5, 0.6) is 0 Å². The smallest absolute Gasteiger partial charge is 0.238 e. The maximum atomic E-state index is 9.96. The first kappa shape index (κ1) is 14.4. The SMILES string of the molecule is CN(C)c1nsc(N[C@@H]2CO[C@H](CO)[C@H](O)[C@@H]2O)n1. The molecule has 1 saturated heterocycles. The maximum Gasteiger partial charge on any atom is 0.238 e. The minimum Gasteiger partial charge on any atom is -0.394 e. The second kappa shape index (κ2) is 5.97. The molecule has 8 nitrogen and oxygen atoms in total. The minimum absolute atomic E-state index is 0.181. The molecule has 0 saturated carbocycles. The predicted molar refractivity (Wildman–Crippen MR) is 70.5 cm³/mol. The Morgan fingerprint density at radius 2 is 2.16 bits per heavy atom. The number of aliphatic hydroxyl groups excluding tert-OH is 3. The van der Waals surface area contributed by atoms with Crippen LogP contribution in [0.2, 0.25) is 0 Å². The van der Waals surface area contributed by atoms with Crippen LogP contribution in [0.3, 0.4) is 0 Å². The highest BCUT2D eigenvalue weighted by Gasteiger charge is 2.38. The molecule has 1 aliphatic heterocycles. The Morgan fingerprint density at radius 1 is 1.42 bits per heavy atom. The third kappa shape index (κ3) is 3.12. The van der Waals surface area contributed by atoms with Crippen LogP contribution in [0, 0.1) is 0 Å². The lowest BCUT2D eigenvalue weighted by molar-refractivity contribution is -0.152. The number of rotatable bonds is 4. The largest absolute Gasteiger partial charge is 0.394 e. The van der Waals surface area contributed by atoms with Crippen molar-refractivity contribution in [3.8, 4) is 0 Å². The van der Waals surface area contributed by atoms with Crippen LogP contribution in [0.25, 0.3) is 0 Å². The summed E-state index contributed by atoms with van der Waals surface area (Å²) in [7, 11) is 3.67. The molecule has 1 aliphatic rings. The number of hydrogen-bond acceptors (Lipinski definition) is 9. The van der Waals surface area contributed by atoms with E-state index in [1.807, 2.05) is 14.1 Å². The molecule has 0 aliphatic carbocycles. The molecule has 0 amide bonds. The molecule has 0 bridgehead atoms. The Balaban J connectivity index is 1.99. The molecule has 0 spiro atoms. The Labute approximate surface area is 114 Å². The average Bonchev–Trinajstić information content (AvgIpc) is 2.84. The number of ether oxygens (including phenoxy) is 1. The molecule has 0 aromatic carbocycles. The van der Waals surface area contributed by atoms with Crippen LogP contribution in [0.15, 0.2) is 0 Å². The number of nitrogens with zero attached hydrogens (tertiary/aromatic N) is 3. The van der Waals surface area contributed by atoms with Crippen LogP contribution in [-0.2, 0) is 4.74 Å². The van der Waals surface area contributed by atoms with Gasteiger partial charge in [0.2, 0.25) is 11.1 Å². The van der Waals surface area contributed by atoms with E-state index in [1.54, 1.807) is 4.90 Å². The summed E-state index contributed by atoms with van der Waals surface area (Å²) in [5, 5.41) is 32.2. The van der Waals surface area contributed by atoms with Gasteiger partial charge in [0.1, 0.15) is 18.3 Å². The number of hydrogen-bond donors (Lipinski definition) is 4. The topological polar surface area (TPSA) is 111 Å². The van der Waals surface area contributed by atoms with Crippen LogP contribution >= 0.6 is 11.5 Å². The van der Waals surface area contributed by atoms with Gasteiger partial charge in [0, 0.05) is 25.6 Å². The zero-order chi connectivity index (χ0) is 14.0. The van der Waals surface area contributed by atoms with Crippen molar-refractivity contribution >= 4 is 22.6 Å². The van der Waals surface area contributed by atoms with Crippen molar-refractivity contribution in [3.05, 3.63) is 0 Å². The molecule has 108 valence electrons. The predicted octanol–water partition coefficient (Wildman–Crippen LogP) is -1.50. The molecule has 4 N–H and O–H groups in total. The van der Waals surface area contributed by atoms with Crippen molar-refractivity contribution in [3.63, 3.8) is 0 Å². The van der Waals surface area contributed by atoms with Crippen LogP contribution in [0.1, 0.15) is 0 Å². The molecule has 1 fully saturated rings. The molecule has 2 rings (SSSR count). The first-order valence-corrected chi connectivity index (χ1v) is 6.66. The summed E-state index contributed by atoms with van der Waals surface area (Å²) in [6.07, 6.45) is -2.91. The summed E-state index contributed by atoms with van der Waals surface area (Å²) in [5.41, 5.74) is 0. The van der Waals surface area contributed by atoms with Crippen molar-refractivity contribution in [1.82, 2.24) is 9.36 Å². The van der Waals surface area contributed by atoms with E-state index >= 15 is 0 Å². The summed E-state index contributed by atoms with van der Waals surface area (Å²) >= 11 is 1.17. The zero-order valence-electron chi connectivity index (χ0n) is 10.7. The molecular formula is C10H18N4O4S. The van der Waals surface area contributed by atoms with Gasteiger partial charge in [-0.05, 0) is 0 Å². The van der Waals surface area contributed by atoms with Gasteiger partial charge in [-0.1, -0.05) is 0 Å². The van der Waals surface area contributed by atoms with Gasteiger partial charge in [0.05, 0.1) is 19.3 Å². The van der Waals surface area contributed by atoms with E-state index in [9.17, 15) is 10.2 Å². The third-order valence-electron chi connectivity index (χ3n) is 2.94. The number of nitrogens with one attached hydrogen (secondary N) is 1. The molecule has 0 radical (unpaired) electrons. The third-order valence-corrected chi connectivity index (χ3v) is 3.57. The maximum absolute atomic E-state index is 9.96. The van der Waals surface area contributed by atoms with Crippen molar-refractivity contribution in [2.75, 3.05) is 37.5 Å². The molecule has 4 atom stereocenters. The highest BCUT2D eigenvalue weighted by Crippen LogP contribution is 2.22. The van der Waals surface area contributed by atoms with Gasteiger partial charge in [0.15, 0.2) is 0 Å². The van der Waals surface area contributed by atoms with Crippen LogP contribution in [-0.4, -0.2) is 76.3 Å². The number of aromatic nitrogens is 2. The fraction of sp³-hybridized carbons (Fsp3) is 0.800. The van der Waals surface area contributed by atoms with Gasteiger partial charge < -0.3 is 30.3 Å². The van der Waals surface area contributed by atoms with Gasteiger partial charge in [-0.2, -0.15) is 9.36 Å². The van der Waals surface area contributed by atoms with E-state index in [2.05, 4.69) is 14.7 Å². The van der Waals surface area contributed by atoms with E-state index in [-0.39, 0.29) is 13.2 Å². The zero-order valence-corrected chi connectivity index (χ0v) is 11.5. The number of anilines is 2. The average molecular weight is 290 g/mol. The van der Waals surface area contributed by atoms with Crippen molar-refractivity contribution in [2.24, 2.45) is 0 Å². The van der Waals surface area contributed by atoms with Gasteiger partial charge in [0.25, 0.3) is 0 Å². The summed E-state index contributed by atoms with van der Waals surface area (Å²) in [6, 6.07) is -0.485. The summed E-state index contributed by atoms with van der Waals surface area (Å²) < 4.78 is 9.40. The van der Waals surface area contributed by atoms with Crippen LogP contribution in [0.4, 0.5) is 11.1 Å². The van der Waals surface area contributed by atoms with Crippen molar-refractivity contribution < 1.29 is 20.1 Å². The molecule has 0 unspecified atom stereocenters. The van der Waals surface area contributed by atoms with E-state index in [1.165, 1.54) is 11.5 Å². The Morgan fingerprint density at radius 3 is 2.74 bits per heavy atom. The normalized spacial score (nSPS) is 31.2. The fourth-order valence-electron chi connectivity index (χ4n) is 1.78. The Bertz CT molecular complexity index is 416. The van der Waals surface area contributed by atoms with Crippen molar-refractivity contribution in [1.29, 1.82) is 0 Å². The molecule has 2 heterocycles. The van der Waals surface area contributed by atoms with Crippen LogP contribution < -0.4 is 10.2 Å². The first-order valence-electron chi connectivity index (χ1n) is 5.89. The highest BCUT2D eigenvalue weighted by atomic mass is 32.1. The molecule has 1 aromatic heterocycles. The minimum atomic E-state index is -1.13. The lowest BCUT2D eigenvalue weighted by Gasteiger charge is -2.36. The van der Waals surface area contributed by atoms with Crippen molar-refractivity contribution in [2.45, 2.75) is 24.4 Å². The molecular weight excluding hydrogens is 272 g/mol. The Hall–Kier alpha value is -1.00. The van der Waals surface area contributed by atoms with Gasteiger partial charge in [-0.3, -0.25) is 0 Å². The molecule has 1 aromatic rings. The lowest BCUT2D eigenvalue weighted by atomic mass is 9.99. The van der Waals surface area contributed by atoms with E-state index in [0.717, 1.165) is 0 Å². The van der Waals surface area contributed by atoms with E-state index in [0.29, 0.717) is 11.1 Å². The Kier molecular flexibility index (Phi) is 4.53. The standard InChI is InChI=1S/C10H18N4O4S/c1-14(2)9-12-10(19-13-9)11-5-4-18-6(3-15)8(17)7(5)16/h5-8,15-17H,3-4H2,1-2H3,(H,11,12,13)/t5-,6-,7-,8+/m1/s1. The monoisotopic (exact) mass is 290 g/mol. The van der Waals surface area contributed by atoms with E-state index < -0.39 is 24.4 Å². The first-order chi connectivity index (χ1) is 9.02. The van der Waals surface area contributed by atoms with Gasteiger partial charge >= 0.3 is 0 Å². The van der Waals surface area contributed by atoms with Gasteiger partial charge in [-0.15, -0.1) is 0 Å². The molecule has 19 heavy (non-hydrogen) atoms. The summed E-state index contributed by atoms with van der Waals surface area (Å²) in [6.45, 7) is -0.144. The van der Waals surface area contributed by atoms with Gasteiger partial charge in [-0.25, -0.2) is 0 Å². The number of aliphatic hydroxyl groups is 3. The summed E-state index contributed by atoms with van der Waals surface area (Å²) in [5.74, 6) is 0.576. The second-order valence-corrected chi connectivity index (χ2v) is 5.33. The second-order valence-electron chi connectivity index (χ2n) is 4.58. The summed E-state index contributed by atoms with van der Waals surface area (Å²) in [4.78, 5) is 6.00. The van der Waals surface area contributed by atoms with E-state index in [4.69, 9.17) is 9.84 Å². The molecule has 9 heteroatoms. The fourth-order valence-corrected chi connectivity index (χ4v) is 2.48.